The largest absolute Gasteiger partial charge is 0.420 e. The highest BCUT2D eigenvalue weighted by Gasteiger charge is 2.14. The van der Waals surface area contributed by atoms with Crippen LogP contribution in [0.3, 0.4) is 0 Å². The van der Waals surface area contributed by atoms with Crippen molar-refractivity contribution in [2.75, 3.05) is 0 Å². The van der Waals surface area contributed by atoms with Crippen LogP contribution in [0.4, 0.5) is 0 Å². The fourth-order valence-corrected chi connectivity index (χ4v) is 2.50. The van der Waals surface area contributed by atoms with E-state index in [1.807, 2.05) is 62.4 Å². The third-order valence-electron chi connectivity index (χ3n) is 3.81. The standard InChI is InChI=1S/C19H16N4O2/c1-12-6-8-14(9-7-12)19-22-21-17(24-19)11-16-20-18(23-25-16)15-5-3-4-13(2)10-15/h3-10H,11H2,1-2H3. The molecular formula is C19H16N4O2. The van der Waals surface area contributed by atoms with Crippen LogP contribution < -0.4 is 0 Å². The van der Waals surface area contributed by atoms with Crippen molar-refractivity contribution in [1.29, 1.82) is 0 Å². The second-order valence-electron chi connectivity index (χ2n) is 5.92. The van der Waals surface area contributed by atoms with Crippen molar-refractivity contribution in [1.82, 2.24) is 20.3 Å². The fourth-order valence-electron chi connectivity index (χ4n) is 2.50. The molecule has 2 aromatic carbocycles. The van der Waals surface area contributed by atoms with Gasteiger partial charge >= 0.3 is 0 Å². The molecule has 2 aromatic heterocycles. The Bertz CT molecular complexity index is 1000. The van der Waals surface area contributed by atoms with Crippen LogP contribution in [-0.4, -0.2) is 20.3 Å². The Labute approximate surface area is 144 Å². The first-order valence-electron chi connectivity index (χ1n) is 7.96. The van der Waals surface area contributed by atoms with E-state index in [-0.39, 0.29) is 0 Å². The molecule has 0 spiro atoms. The molecule has 124 valence electrons. The van der Waals surface area contributed by atoms with Crippen LogP contribution >= 0.6 is 0 Å². The lowest BCUT2D eigenvalue weighted by Crippen LogP contribution is -1.89. The van der Waals surface area contributed by atoms with E-state index in [2.05, 4.69) is 20.3 Å². The van der Waals surface area contributed by atoms with Gasteiger partial charge in [0.25, 0.3) is 0 Å². The van der Waals surface area contributed by atoms with Crippen molar-refractivity contribution < 1.29 is 8.94 Å². The van der Waals surface area contributed by atoms with Gasteiger partial charge in [-0.2, -0.15) is 4.98 Å². The monoisotopic (exact) mass is 332 g/mol. The Hall–Kier alpha value is -3.28. The number of aromatic nitrogens is 4. The topological polar surface area (TPSA) is 77.8 Å². The minimum atomic E-state index is 0.303. The third kappa shape index (κ3) is 3.33. The number of nitrogens with zero attached hydrogens (tertiary/aromatic N) is 4. The molecule has 2 heterocycles. The molecule has 0 amide bonds. The average molecular weight is 332 g/mol. The van der Waals surface area contributed by atoms with E-state index >= 15 is 0 Å². The van der Waals surface area contributed by atoms with Gasteiger partial charge in [0, 0.05) is 11.1 Å². The normalized spacial score (nSPS) is 11.0. The summed E-state index contributed by atoms with van der Waals surface area (Å²) < 4.78 is 11.0. The first-order valence-corrected chi connectivity index (χ1v) is 7.96. The van der Waals surface area contributed by atoms with E-state index in [0.717, 1.165) is 16.7 Å². The van der Waals surface area contributed by atoms with E-state index < -0.39 is 0 Å². The van der Waals surface area contributed by atoms with Crippen molar-refractivity contribution in [3.63, 3.8) is 0 Å². The van der Waals surface area contributed by atoms with Crippen LogP contribution in [-0.2, 0) is 6.42 Å². The van der Waals surface area contributed by atoms with Crippen molar-refractivity contribution in [2.45, 2.75) is 20.3 Å². The molecule has 0 saturated heterocycles. The minimum Gasteiger partial charge on any atom is -0.420 e. The number of hydrogen-bond donors (Lipinski definition) is 0. The molecule has 0 fully saturated rings. The number of aryl methyl sites for hydroxylation is 2. The maximum Gasteiger partial charge on any atom is 0.247 e. The van der Waals surface area contributed by atoms with E-state index in [1.165, 1.54) is 5.56 Å². The second-order valence-corrected chi connectivity index (χ2v) is 5.92. The maximum atomic E-state index is 5.70. The number of benzene rings is 2. The molecule has 6 nitrogen and oxygen atoms in total. The predicted molar refractivity (Wildman–Crippen MR) is 91.7 cm³/mol. The molecule has 0 N–H and O–H groups in total. The lowest BCUT2D eigenvalue weighted by molar-refractivity contribution is 0.374. The van der Waals surface area contributed by atoms with Crippen molar-refractivity contribution >= 4 is 0 Å². The molecule has 25 heavy (non-hydrogen) atoms. The second kappa shape index (κ2) is 6.32. The van der Waals surface area contributed by atoms with Crippen LogP contribution in [0, 0.1) is 13.8 Å². The molecule has 0 unspecified atom stereocenters. The SMILES string of the molecule is Cc1ccc(-c2nnc(Cc3nc(-c4cccc(C)c4)no3)o2)cc1. The summed E-state index contributed by atoms with van der Waals surface area (Å²) in [4.78, 5) is 4.40. The molecule has 0 aliphatic carbocycles. The summed E-state index contributed by atoms with van der Waals surface area (Å²) in [7, 11) is 0. The van der Waals surface area contributed by atoms with Crippen molar-refractivity contribution in [2.24, 2.45) is 0 Å². The van der Waals surface area contributed by atoms with Gasteiger partial charge in [-0.1, -0.05) is 46.6 Å². The highest BCUT2D eigenvalue weighted by atomic mass is 16.5. The van der Waals surface area contributed by atoms with Gasteiger partial charge in [0.2, 0.25) is 23.5 Å². The zero-order valence-corrected chi connectivity index (χ0v) is 13.9. The van der Waals surface area contributed by atoms with Crippen LogP contribution in [0.1, 0.15) is 22.9 Å². The Morgan fingerprint density at radius 2 is 1.68 bits per heavy atom. The summed E-state index contributed by atoms with van der Waals surface area (Å²) in [6.45, 7) is 4.06. The summed E-state index contributed by atoms with van der Waals surface area (Å²) >= 11 is 0. The minimum absolute atomic E-state index is 0.303. The molecule has 4 aromatic rings. The van der Waals surface area contributed by atoms with Gasteiger partial charge in [-0.25, -0.2) is 0 Å². The molecule has 0 radical (unpaired) electrons. The zero-order chi connectivity index (χ0) is 17.2. The lowest BCUT2D eigenvalue weighted by Gasteiger charge is -1.95. The van der Waals surface area contributed by atoms with Crippen LogP contribution in [0.2, 0.25) is 0 Å². The molecule has 0 saturated carbocycles. The van der Waals surface area contributed by atoms with Gasteiger partial charge < -0.3 is 8.94 Å². The van der Waals surface area contributed by atoms with Gasteiger partial charge in [0.05, 0.1) is 0 Å². The van der Waals surface area contributed by atoms with Crippen LogP contribution in [0.5, 0.6) is 0 Å². The Morgan fingerprint density at radius 3 is 2.48 bits per heavy atom. The van der Waals surface area contributed by atoms with Gasteiger partial charge in [0.15, 0.2) is 0 Å². The first kappa shape index (κ1) is 15.3. The summed E-state index contributed by atoms with van der Waals surface area (Å²) in [6, 6.07) is 15.9. The van der Waals surface area contributed by atoms with E-state index in [1.54, 1.807) is 0 Å². The quantitative estimate of drug-likeness (QED) is 0.562. The fraction of sp³-hybridized carbons (Fsp3) is 0.158. The van der Waals surface area contributed by atoms with E-state index in [9.17, 15) is 0 Å². The van der Waals surface area contributed by atoms with E-state index in [0.29, 0.717) is 29.9 Å². The number of hydrogen-bond acceptors (Lipinski definition) is 6. The number of rotatable bonds is 4. The Balaban J connectivity index is 1.52. The molecular weight excluding hydrogens is 316 g/mol. The van der Waals surface area contributed by atoms with Gasteiger partial charge in [-0.3, -0.25) is 0 Å². The van der Waals surface area contributed by atoms with Gasteiger partial charge in [-0.05, 0) is 32.0 Å². The van der Waals surface area contributed by atoms with Gasteiger partial charge in [-0.15, -0.1) is 10.2 Å². The van der Waals surface area contributed by atoms with Crippen LogP contribution in [0.25, 0.3) is 22.8 Å². The van der Waals surface area contributed by atoms with E-state index in [4.69, 9.17) is 8.94 Å². The maximum absolute atomic E-state index is 5.70. The first-order chi connectivity index (χ1) is 12.2. The molecule has 0 aliphatic rings. The molecule has 0 atom stereocenters. The molecule has 0 bridgehead atoms. The van der Waals surface area contributed by atoms with Crippen molar-refractivity contribution in [3.8, 4) is 22.8 Å². The average Bonchev–Trinajstić information content (AvgIpc) is 3.26. The molecule has 4 rings (SSSR count). The Kier molecular flexibility index (Phi) is 3.85. The summed E-state index contributed by atoms with van der Waals surface area (Å²) in [6.07, 6.45) is 0.303. The summed E-state index contributed by atoms with van der Waals surface area (Å²) in [5.41, 5.74) is 4.12. The third-order valence-corrected chi connectivity index (χ3v) is 3.81. The van der Waals surface area contributed by atoms with Gasteiger partial charge in [0.1, 0.15) is 6.42 Å². The lowest BCUT2D eigenvalue weighted by atomic mass is 10.1. The van der Waals surface area contributed by atoms with Crippen molar-refractivity contribution in [3.05, 3.63) is 71.4 Å². The molecule has 6 heteroatoms. The highest BCUT2D eigenvalue weighted by molar-refractivity contribution is 5.55. The molecule has 0 aliphatic heterocycles. The highest BCUT2D eigenvalue weighted by Crippen LogP contribution is 2.21. The smallest absolute Gasteiger partial charge is 0.247 e. The zero-order valence-electron chi connectivity index (χ0n) is 13.9. The predicted octanol–water partition coefficient (Wildman–Crippen LogP) is 3.99. The summed E-state index contributed by atoms with van der Waals surface area (Å²) in [5.74, 6) is 1.91. The summed E-state index contributed by atoms with van der Waals surface area (Å²) in [5, 5.41) is 12.2. The Morgan fingerprint density at radius 1 is 0.840 bits per heavy atom. The van der Waals surface area contributed by atoms with Crippen LogP contribution in [0.15, 0.2) is 57.5 Å².